The van der Waals surface area contributed by atoms with Gasteiger partial charge in [0.15, 0.2) is 0 Å². The lowest BCUT2D eigenvalue weighted by molar-refractivity contribution is -0.143. The van der Waals surface area contributed by atoms with E-state index in [1.54, 1.807) is 58.4 Å². The lowest BCUT2D eigenvalue weighted by Crippen LogP contribution is -2.59. The zero-order valence-corrected chi connectivity index (χ0v) is 36.4. The van der Waals surface area contributed by atoms with Crippen LogP contribution in [0.3, 0.4) is 0 Å². The number of ether oxygens (including phenoxy) is 2. The van der Waals surface area contributed by atoms with E-state index in [2.05, 4.69) is 21.3 Å². The number of Topliss-reactive ketones (excluding diaryl/α,β-unsaturated/α-hetero) is 1. The Kier molecular flexibility index (Phi) is 16.3. The Balaban J connectivity index is 1.33. The van der Waals surface area contributed by atoms with Crippen molar-refractivity contribution in [3.63, 3.8) is 0 Å². The summed E-state index contributed by atoms with van der Waals surface area (Å²) in [6.07, 6.45) is 4.89. The number of hydrogen-bond acceptors (Lipinski definition) is 9. The van der Waals surface area contributed by atoms with Crippen LogP contribution in [0.4, 0.5) is 4.79 Å². The quantitative estimate of drug-likeness (QED) is 0.232. The largest absolute Gasteiger partial charge is 0.493 e. The lowest BCUT2D eigenvalue weighted by Gasteiger charge is -2.35. The summed E-state index contributed by atoms with van der Waals surface area (Å²) in [6, 6.07) is 11.5. The second kappa shape index (κ2) is 21.3. The molecule has 3 aliphatic rings. The van der Waals surface area contributed by atoms with E-state index < -0.39 is 77.9 Å². The second-order valence-corrected chi connectivity index (χ2v) is 17.2. The third kappa shape index (κ3) is 12.8. The van der Waals surface area contributed by atoms with Gasteiger partial charge in [0.05, 0.1) is 30.9 Å². The van der Waals surface area contributed by atoms with Gasteiger partial charge in [-0.3, -0.25) is 28.8 Å². The van der Waals surface area contributed by atoms with Gasteiger partial charge in [-0.1, -0.05) is 75.1 Å². The molecule has 16 nitrogen and oxygen atoms in total. The van der Waals surface area contributed by atoms with Crippen molar-refractivity contribution in [1.29, 1.82) is 0 Å². The summed E-state index contributed by atoms with van der Waals surface area (Å²) in [5, 5.41) is 10.8. The number of nitrogens with zero attached hydrogens (tertiary/aromatic N) is 3. The molecular weight excluding hydrogens is 783 g/mol. The lowest BCUT2D eigenvalue weighted by atomic mass is 9.83. The molecule has 4 bridgehead atoms. The van der Waals surface area contributed by atoms with Crippen LogP contribution in [0, 0.1) is 5.92 Å². The Morgan fingerprint density at radius 1 is 0.967 bits per heavy atom. The van der Waals surface area contributed by atoms with Crippen LogP contribution in [0.1, 0.15) is 95.7 Å². The van der Waals surface area contributed by atoms with Crippen molar-refractivity contribution >= 4 is 41.4 Å². The minimum Gasteiger partial charge on any atom is -0.493 e. The van der Waals surface area contributed by atoms with Crippen LogP contribution in [0.5, 0.6) is 5.75 Å². The number of fused-ring (bicyclic) bond motifs is 4. The number of ketones is 1. The van der Waals surface area contributed by atoms with E-state index in [-0.39, 0.29) is 37.8 Å². The van der Waals surface area contributed by atoms with Crippen LogP contribution < -0.4 is 26.0 Å². The monoisotopic (exact) mass is 845 g/mol. The van der Waals surface area contributed by atoms with Crippen molar-refractivity contribution in [3.8, 4) is 5.75 Å². The third-order valence-corrected chi connectivity index (χ3v) is 11.6. The fourth-order valence-electron chi connectivity index (χ4n) is 8.28. The molecule has 2 heterocycles. The highest BCUT2D eigenvalue weighted by atomic mass is 16.5. The van der Waals surface area contributed by atoms with Gasteiger partial charge in [-0.15, -0.1) is 0 Å². The Bertz CT molecular complexity index is 1880. The molecule has 7 amide bonds. The molecule has 0 unspecified atom stereocenters. The van der Waals surface area contributed by atoms with Crippen molar-refractivity contribution in [2.24, 2.45) is 5.92 Å². The third-order valence-electron chi connectivity index (χ3n) is 11.6. The van der Waals surface area contributed by atoms with Gasteiger partial charge in [-0.25, -0.2) is 4.79 Å². The molecule has 0 radical (unpaired) electrons. The predicted molar refractivity (Wildman–Crippen MR) is 227 cm³/mol. The van der Waals surface area contributed by atoms with Gasteiger partial charge in [0.1, 0.15) is 23.9 Å². The van der Waals surface area contributed by atoms with E-state index in [4.69, 9.17) is 9.47 Å². The highest BCUT2D eigenvalue weighted by Gasteiger charge is 2.46. The zero-order chi connectivity index (χ0) is 44.3. The number of nitrogens with one attached hydrogen (secondary N) is 4. The summed E-state index contributed by atoms with van der Waals surface area (Å²) in [5.41, 5.74) is 0.693. The van der Waals surface area contributed by atoms with Gasteiger partial charge in [0.25, 0.3) is 5.91 Å². The van der Waals surface area contributed by atoms with Crippen molar-refractivity contribution in [2.75, 3.05) is 40.8 Å². The second-order valence-electron chi connectivity index (χ2n) is 17.2. The molecule has 0 aromatic heterocycles. The molecule has 16 heteroatoms. The molecule has 4 N–H and O–H groups in total. The van der Waals surface area contributed by atoms with Gasteiger partial charge in [-0.05, 0) is 62.3 Å². The molecule has 1 aliphatic carbocycles. The van der Waals surface area contributed by atoms with E-state index in [0.717, 1.165) is 37.7 Å². The molecular formula is C45H63N7O9. The Morgan fingerprint density at radius 2 is 1.69 bits per heavy atom. The Hall–Kier alpha value is -5.51. The van der Waals surface area contributed by atoms with Gasteiger partial charge in [0, 0.05) is 47.1 Å². The van der Waals surface area contributed by atoms with Crippen LogP contribution in [0.25, 0.3) is 0 Å². The molecule has 2 fully saturated rings. The molecule has 1 saturated heterocycles. The molecule has 61 heavy (non-hydrogen) atoms. The van der Waals surface area contributed by atoms with Crippen molar-refractivity contribution in [3.05, 3.63) is 65.7 Å². The minimum absolute atomic E-state index is 0.0687. The molecule has 1 saturated carbocycles. The summed E-state index contributed by atoms with van der Waals surface area (Å²) < 4.78 is 12.7. The number of likely N-dealkylation sites (N-methyl/N-ethyl adjacent to an activating group) is 1. The van der Waals surface area contributed by atoms with Crippen molar-refractivity contribution < 1.29 is 43.0 Å². The SMILES string of the molecule is CCC[C@H](NC(=O)[C@@H]1C[C@@H]2CN1C(=O)[C@H](C1CCCCC1)NC(=O)N(C)Cc1cccc(c1)OCCC(C)(C)O2)C(=O)C(=O)NCC(=O)N[C@H](C(=O)N(C)C)c1ccccc1. The van der Waals surface area contributed by atoms with Gasteiger partial charge >= 0.3 is 6.03 Å². The molecule has 5 atom stereocenters. The van der Waals surface area contributed by atoms with Crippen LogP contribution in [0.2, 0.25) is 0 Å². The van der Waals surface area contributed by atoms with E-state index in [1.807, 2.05) is 38.1 Å². The summed E-state index contributed by atoms with van der Waals surface area (Å²) in [6.45, 7) is 5.74. The first-order valence-corrected chi connectivity index (χ1v) is 21.5. The first kappa shape index (κ1) is 46.6. The number of hydrogen-bond donors (Lipinski definition) is 4. The molecule has 0 spiro atoms. The van der Waals surface area contributed by atoms with E-state index in [9.17, 15) is 33.6 Å². The fraction of sp³-hybridized carbons (Fsp3) is 0.578. The minimum atomic E-state index is -1.26. The first-order valence-electron chi connectivity index (χ1n) is 21.5. The molecule has 332 valence electrons. The maximum atomic E-state index is 14.8. The first-order chi connectivity index (χ1) is 29.1. The standard InChI is InChI=1S/C45H63N7O9/c1-7-15-34(39(54)41(56)46-26-36(53)48-37(42(57)50(4)5)30-17-10-8-11-18-30)47-40(55)35-25-33-28-52(35)43(58)38(31-19-12-9-13-20-31)49-44(59)51(6)27-29-16-14-21-32(24-29)60-23-22-45(2,3)61-33/h8,10-11,14,16-18,21,24,31,33-35,37-38H,7,9,12-13,15,19-20,22-23,25-28H2,1-6H3,(H,46,56)(H,47,55)(H,48,53)(H,49,59)/t33-,34+,35+,37+,38+/m1/s1. The van der Waals surface area contributed by atoms with Crippen LogP contribution in [-0.2, 0) is 40.0 Å². The number of carbonyl (C=O) groups is 7. The highest BCUT2D eigenvalue weighted by Crippen LogP contribution is 2.32. The van der Waals surface area contributed by atoms with Gasteiger partial charge < -0.3 is 45.4 Å². The Morgan fingerprint density at radius 3 is 2.38 bits per heavy atom. The smallest absolute Gasteiger partial charge is 0.318 e. The topological polar surface area (TPSA) is 196 Å². The van der Waals surface area contributed by atoms with E-state index in [0.29, 0.717) is 30.8 Å². The molecule has 2 aromatic rings. The zero-order valence-electron chi connectivity index (χ0n) is 36.4. The average molecular weight is 846 g/mol. The number of rotatable bonds is 12. The van der Waals surface area contributed by atoms with Crippen LogP contribution in [-0.4, -0.2) is 127 Å². The summed E-state index contributed by atoms with van der Waals surface area (Å²) >= 11 is 0. The Labute approximate surface area is 358 Å². The van der Waals surface area contributed by atoms with E-state index >= 15 is 0 Å². The van der Waals surface area contributed by atoms with Crippen LogP contribution in [0.15, 0.2) is 54.6 Å². The maximum absolute atomic E-state index is 14.8. The highest BCUT2D eigenvalue weighted by molar-refractivity contribution is 6.38. The van der Waals surface area contributed by atoms with Gasteiger partial charge in [0.2, 0.25) is 29.4 Å². The average Bonchev–Trinajstić information content (AvgIpc) is 3.66. The summed E-state index contributed by atoms with van der Waals surface area (Å²) in [4.78, 5) is 100. The summed E-state index contributed by atoms with van der Waals surface area (Å²) in [5.74, 6) is -3.66. The maximum Gasteiger partial charge on any atom is 0.318 e. The number of benzene rings is 2. The molecule has 2 aromatic carbocycles. The number of urea groups is 1. The van der Waals surface area contributed by atoms with Crippen molar-refractivity contribution in [1.82, 2.24) is 36.0 Å². The normalized spacial score (nSPS) is 22.1. The number of carbonyl (C=O) groups excluding carboxylic acids is 7. The van der Waals surface area contributed by atoms with Crippen molar-refractivity contribution in [2.45, 2.75) is 121 Å². The predicted octanol–water partition coefficient (Wildman–Crippen LogP) is 3.24. The fourth-order valence-corrected chi connectivity index (χ4v) is 8.28. The molecule has 2 aliphatic heterocycles. The number of amides is 7. The molecule has 5 rings (SSSR count). The summed E-state index contributed by atoms with van der Waals surface area (Å²) in [7, 11) is 4.79. The van der Waals surface area contributed by atoms with Gasteiger partial charge in [-0.2, -0.15) is 0 Å². The van der Waals surface area contributed by atoms with Crippen LogP contribution >= 0.6 is 0 Å². The van der Waals surface area contributed by atoms with E-state index in [1.165, 1.54) is 14.7 Å².